The molecule has 2 aromatic rings. The van der Waals surface area contributed by atoms with E-state index >= 15 is 0 Å². The molecule has 7 nitrogen and oxygen atoms in total. The lowest BCUT2D eigenvalue weighted by Gasteiger charge is -2.33. The zero-order chi connectivity index (χ0) is 19.4. The third-order valence-electron chi connectivity index (χ3n) is 5.39. The summed E-state index contributed by atoms with van der Waals surface area (Å²) in [4.78, 5) is 25.8. The molecule has 1 aliphatic heterocycles. The summed E-state index contributed by atoms with van der Waals surface area (Å²) < 4.78 is 2.03. The Hall–Kier alpha value is -2.85. The van der Waals surface area contributed by atoms with Crippen LogP contribution in [-0.4, -0.2) is 64.6 Å². The number of fused-ring (bicyclic) bond motifs is 1. The molecule has 1 aliphatic rings. The fourth-order valence-corrected chi connectivity index (χ4v) is 3.72. The van der Waals surface area contributed by atoms with Crippen molar-refractivity contribution >= 4 is 23.3 Å². The highest BCUT2D eigenvalue weighted by molar-refractivity contribution is 5.92. The van der Waals surface area contributed by atoms with Crippen molar-refractivity contribution in [1.29, 1.82) is 5.26 Å². The molecule has 1 saturated heterocycles. The van der Waals surface area contributed by atoms with Crippen LogP contribution in [0.1, 0.15) is 34.5 Å². The molecule has 2 heterocycles. The number of benzene rings is 1. The Morgan fingerprint density at radius 1 is 1.22 bits per heavy atom. The number of aryl methyl sites for hydroxylation is 2. The number of amides is 1. The van der Waals surface area contributed by atoms with Gasteiger partial charge in [-0.05, 0) is 50.1 Å². The lowest BCUT2D eigenvalue weighted by atomic mass is 10.1. The molecule has 0 spiro atoms. The van der Waals surface area contributed by atoms with Crippen molar-refractivity contribution in [2.24, 2.45) is 0 Å². The number of nitrogens with zero attached hydrogens (tertiary/aromatic N) is 4. The number of unbranched alkanes of at least 4 members (excludes halogenated alkanes) is 1. The molecule has 0 unspecified atom stereocenters. The SMILES string of the molecule is Cc1c(C=O)ccc2c1cc(C#N)n2CCCCN1CCN(C(=O)O)CC1. The highest BCUT2D eigenvalue weighted by atomic mass is 16.4. The molecule has 3 rings (SSSR count). The normalized spacial score (nSPS) is 15.0. The summed E-state index contributed by atoms with van der Waals surface area (Å²) in [6.45, 7) is 6.27. The highest BCUT2D eigenvalue weighted by Crippen LogP contribution is 2.25. The molecule has 0 atom stereocenters. The van der Waals surface area contributed by atoms with Gasteiger partial charge in [0.05, 0.1) is 0 Å². The summed E-state index contributed by atoms with van der Waals surface area (Å²) in [6.07, 6.45) is 1.93. The fourth-order valence-electron chi connectivity index (χ4n) is 3.72. The predicted molar refractivity (Wildman–Crippen MR) is 102 cm³/mol. The standard InChI is InChI=1S/C20H24N4O3/c1-15-16(14-25)4-5-19-18(15)12-17(13-21)24(19)7-3-2-6-22-8-10-23(11-9-22)20(26)27/h4-5,12,14H,2-3,6-11H2,1H3,(H,26,27). The topological polar surface area (TPSA) is 89.6 Å². The number of piperazine rings is 1. The number of aromatic nitrogens is 1. The van der Waals surface area contributed by atoms with E-state index in [1.54, 1.807) is 0 Å². The number of hydrogen-bond acceptors (Lipinski definition) is 4. The van der Waals surface area contributed by atoms with Gasteiger partial charge in [-0.2, -0.15) is 5.26 Å². The van der Waals surface area contributed by atoms with Crippen LogP contribution in [0.15, 0.2) is 18.2 Å². The number of hydrogen-bond donors (Lipinski definition) is 1. The molecule has 1 aromatic heterocycles. The Bertz CT molecular complexity index is 889. The predicted octanol–water partition coefficient (Wildman–Crippen LogP) is 2.71. The summed E-state index contributed by atoms with van der Waals surface area (Å²) >= 11 is 0. The van der Waals surface area contributed by atoms with Gasteiger partial charge in [0.2, 0.25) is 0 Å². The van der Waals surface area contributed by atoms with Crippen molar-refractivity contribution in [3.05, 3.63) is 35.0 Å². The highest BCUT2D eigenvalue weighted by Gasteiger charge is 2.19. The van der Waals surface area contributed by atoms with Crippen molar-refractivity contribution in [1.82, 2.24) is 14.4 Å². The Morgan fingerprint density at radius 3 is 2.56 bits per heavy atom. The van der Waals surface area contributed by atoms with Gasteiger partial charge >= 0.3 is 6.09 Å². The molecule has 1 aromatic carbocycles. The van der Waals surface area contributed by atoms with E-state index in [0.29, 0.717) is 24.3 Å². The Labute approximate surface area is 158 Å². The van der Waals surface area contributed by atoms with Gasteiger partial charge in [-0.15, -0.1) is 0 Å². The van der Waals surface area contributed by atoms with E-state index in [1.165, 1.54) is 4.90 Å². The van der Waals surface area contributed by atoms with Crippen molar-refractivity contribution < 1.29 is 14.7 Å². The smallest absolute Gasteiger partial charge is 0.407 e. The molecule has 0 radical (unpaired) electrons. The monoisotopic (exact) mass is 368 g/mol. The second-order valence-corrected chi connectivity index (χ2v) is 6.94. The first-order valence-corrected chi connectivity index (χ1v) is 9.23. The Morgan fingerprint density at radius 2 is 1.93 bits per heavy atom. The maximum atomic E-state index is 11.1. The lowest BCUT2D eigenvalue weighted by molar-refractivity contribution is 0.105. The fraction of sp³-hybridized carbons (Fsp3) is 0.450. The zero-order valence-corrected chi connectivity index (χ0v) is 15.5. The second-order valence-electron chi connectivity index (χ2n) is 6.94. The van der Waals surface area contributed by atoms with Gasteiger partial charge in [-0.1, -0.05) is 0 Å². The average Bonchev–Trinajstić information content (AvgIpc) is 3.04. The maximum Gasteiger partial charge on any atom is 0.407 e. The number of nitriles is 1. The van der Waals surface area contributed by atoms with Gasteiger partial charge in [0.25, 0.3) is 0 Å². The van der Waals surface area contributed by atoms with Crippen LogP contribution in [0, 0.1) is 18.3 Å². The van der Waals surface area contributed by atoms with Crippen LogP contribution in [0.25, 0.3) is 10.9 Å². The summed E-state index contributed by atoms with van der Waals surface area (Å²) in [6, 6.07) is 7.85. The number of carbonyl (C=O) groups is 2. The van der Waals surface area contributed by atoms with Gasteiger partial charge in [-0.3, -0.25) is 9.69 Å². The lowest BCUT2D eigenvalue weighted by Crippen LogP contribution is -2.48. The molecule has 1 amide bonds. The number of aldehydes is 1. The van der Waals surface area contributed by atoms with Crippen LogP contribution in [0.3, 0.4) is 0 Å². The van der Waals surface area contributed by atoms with Crippen LogP contribution < -0.4 is 0 Å². The average molecular weight is 368 g/mol. The van der Waals surface area contributed by atoms with Crippen molar-refractivity contribution in [2.75, 3.05) is 32.7 Å². The van der Waals surface area contributed by atoms with Crippen LogP contribution >= 0.6 is 0 Å². The largest absolute Gasteiger partial charge is 0.465 e. The summed E-state index contributed by atoms with van der Waals surface area (Å²) in [5.74, 6) is 0. The van der Waals surface area contributed by atoms with E-state index in [4.69, 9.17) is 5.11 Å². The maximum absolute atomic E-state index is 11.1. The van der Waals surface area contributed by atoms with E-state index in [-0.39, 0.29) is 0 Å². The first-order chi connectivity index (χ1) is 13.0. The van der Waals surface area contributed by atoms with Crippen LogP contribution in [0.5, 0.6) is 0 Å². The van der Waals surface area contributed by atoms with Gasteiger partial charge in [0, 0.05) is 49.2 Å². The van der Waals surface area contributed by atoms with Crippen LogP contribution in [0.4, 0.5) is 4.79 Å². The second kappa shape index (κ2) is 8.23. The molecule has 0 aliphatic carbocycles. The van der Waals surface area contributed by atoms with Crippen LogP contribution in [-0.2, 0) is 6.54 Å². The molecule has 0 saturated carbocycles. The number of carboxylic acid groups (broad SMARTS) is 1. The van der Waals surface area contributed by atoms with Gasteiger partial charge in [0.1, 0.15) is 18.0 Å². The van der Waals surface area contributed by atoms with Crippen molar-refractivity contribution in [3.63, 3.8) is 0 Å². The van der Waals surface area contributed by atoms with Crippen molar-refractivity contribution in [3.8, 4) is 6.07 Å². The van der Waals surface area contributed by atoms with E-state index in [1.807, 2.05) is 29.7 Å². The number of rotatable bonds is 6. The van der Waals surface area contributed by atoms with Crippen LogP contribution in [0.2, 0.25) is 0 Å². The Kier molecular flexibility index (Phi) is 5.77. The molecule has 0 bridgehead atoms. The van der Waals surface area contributed by atoms with E-state index < -0.39 is 6.09 Å². The molecule has 142 valence electrons. The van der Waals surface area contributed by atoms with Gasteiger partial charge < -0.3 is 14.6 Å². The molecular formula is C20H24N4O3. The third kappa shape index (κ3) is 3.96. The molecular weight excluding hydrogens is 344 g/mol. The zero-order valence-electron chi connectivity index (χ0n) is 15.5. The minimum Gasteiger partial charge on any atom is -0.465 e. The van der Waals surface area contributed by atoms with Crippen molar-refractivity contribution in [2.45, 2.75) is 26.3 Å². The molecule has 1 N–H and O–H groups in total. The quantitative estimate of drug-likeness (QED) is 0.625. The summed E-state index contributed by atoms with van der Waals surface area (Å²) in [7, 11) is 0. The summed E-state index contributed by atoms with van der Waals surface area (Å²) in [5, 5.41) is 19.4. The molecule has 1 fully saturated rings. The van der Waals surface area contributed by atoms with E-state index in [2.05, 4.69) is 11.0 Å². The van der Waals surface area contributed by atoms with E-state index in [0.717, 1.165) is 61.8 Å². The first kappa shape index (κ1) is 18.9. The first-order valence-electron chi connectivity index (χ1n) is 9.23. The molecule has 27 heavy (non-hydrogen) atoms. The Balaban J connectivity index is 1.59. The van der Waals surface area contributed by atoms with Gasteiger partial charge in [-0.25, -0.2) is 4.79 Å². The molecule has 7 heteroatoms. The number of carbonyl (C=O) groups excluding carboxylic acids is 1. The van der Waals surface area contributed by atoms with E-state index in [9.17, 15) is 14.9 Å². The minimum absolute atomic E-state index is 0.564. The third-order valence-corrected chi connectivity index (χ3v) is 5.39. The summed E-state index contributed by atoms with van der Waals surface area (Å²) in [5.41, 5.74) is 3.18. The van der Waals surface area contributed by atoms with Gasteiger partial charge in [0.15, 0.2) is 0 Å². The minimum atomic E-state index is -0.841.